The predicted molar refractivity (Wildman–Crippen MR) is 73.6 cm³/mol. The highest BCUT2D eigenvalue weighted by Gasteiger charge is 2.07. The summed E-state index contributed by atoms with van der Waals surface area (Å²) < 4.78 is 0.456. The van der Waals surface area contributed by atoms with E-state index in [0.717, 1.165) is 10.6 Å². The molecule has 1 heterocycles. The highest BCUT2D eigenvalue weighted by atomic mass is 79.9. The van der Waals surface area contributed by atoms with Gasteiger partial charge >= 0.3 is 0 Å². The molecule has 0 atom stereocenters. The third-order valence-electron chi connectivity index (χ3n) is 2.09. The lowest BCUT2D eigenvalue weighted by Crippen LogP contribution is -2.07. The summed E-state index contributed by atoms with van der Waals surface area (Å²) in [4.78, 5) is 17.9. The van der Waals surface area contributed by atoms with Crippen molar-refractivity contribution in [2.45, 2.75) is 10.8 Å². The number of nitrogens with zero attached hydrogens (tertiary/aromatic N) is 1. The molecule has 1 aromatic heterocycles. The molecule has 88 valence electrons. The molecular weight excluding hydrogens is 324 g/mol. The minimum atomic E-state index is -0.179. The van der Waals surface area contributed by atoms with Crippen molar-refractivity contribution in [3.05, 3.63) is 56.0 Å². The fraction of sp³-hybridized carbons (Fsp3) is 0.0909. The van der Waals surface area contributed by atoms with Crippen LogP contribution in [0.4, 0.5) is 0 Å². The number of aromatic amines is 1. The smallest absolute Gasteiger partial charge is 0.266 e. The van der Waals surface area contributed by atoms with E-state index in [9.17, 15) is 4.79 Å². The minimum absolute atomic E-state index is 0.179. The molecule has 0 saturated heterocycles. The normalized spacial score (nSPS) is 10.5. The van der Waals surface area contributed by atoms with Crippen LogP contribution in [0.25, 0.3) is 0 Å². The number of aromatic nitrogens is 2. The molecular formula is C11H8BrClN2OS. The van der Waals surface area contributed by atoms with Crippen molar-refractivity contribution >= 4 is 39.3 Å². The summed E-state index contributed by atoms with van der Waals surface area (Å²) in [6.45, 7) is 0. The van der Waals surface area contributed by atoms with Crippen molar-refractivity contribution in [2.24, 2.45) is 0 Å². The minimum Gasteiger partial charge on any atom is -0.312 e. The maximum atomic E-state index is 11.3. The molecule has 0 aliphatic heterocycles. The molecule has 0 spiro atoms. The van der Waals surface area contributed by atoms with Gasteiger partial charge in [-0.05, 0) is 27.6 Å². The largest absolute Gasteiger partial charge is 0.312 e. The first-order valence-electron chi connectivity index (χ1n) is 4.78. The van der Waals surface area contributed by atoms with Crippen molar-refractivity contribution in [3.63, 3.8) is 0 Å². The van der Waals surface area contributed by atoms with Gasteiger partial charge in [0.25, 0.3) is 5.56 Å². The number of rotatable bonds is 3. The second-order valence-corrected chi connectivity index (χ2v) is 5.40. The van der Waals surface area contributed by atoms with Gasteiger partial charge in [0.2, 0.25) is 0 Å². The van der Waals surface area contributed by atoms with Crippen LogP contribution in [-0.2, 0) is 5.75 Å². The molecule has 0 aliphatic carbocycles. The van der Waals surface area contributed by atoms with E-state index >= 15 is 0 Å². The first-order valence-corrected chi connectivity index (χ1v) is 6.93. The Morgan fingerprint density at radius 1 is 1.41 bits per heavy atom. The zero-order chi connectivity index (χ0) is 12.3. The molecule has 0 amide bonds. The predicted octanol–water partition coefficient (Wildman–Crippen LogP) is 3.48. The Morgan fingerprint density at radius 3 is 2.94 bits per heavy atom. The van der Waals surface area contributed by atoms with Gasteiger partial charge in [0, 0.05) is 10.8 Å². The summed E-state index contributed by atoms with van der Waals surface area (Å²) in [7, 11) is 0. The number of hydrogen-bond donors (Lipinski definition) is 1. The third-order valence-corrected chi connectivity index (χ3v) is 4.49. The fourth-order valence-electron chi connectivity index (χ4n) is 1.23. The van der Waals surface area contributed by atoms with Gasteiger partial charge in [0.1, 0.15) is 9.50 Å². The first kappa shape index (κ1) is 12.7. The van der Waals surface area contributed by atoms with Gasteiger partial charge in [-0.25, -0.2) is 4.98 Å². The summed E-state index contributed by atoms with van der Waals surface area (Å²) >= 11 is 10.7. The Morgan fingerprint density at radius 2 is 2.18 bits per heavy atom. The molecule has 6 heteroatoms. The van der Waals surface area contributed by atoms with Crippen LogP contribution >= 0.6 is 39.3 Å². The van der Waals surface area contributed by atoms with Crippen molar-refractivity contribution in [1.82, 2.24) is 9.97 Å². The van der Waals surface area contributed by atoms with Crippen LogP contribution in [0.3, 0.4) is 0 Å². The molecule has 3 nitrogen and oxygen atoms in total. The summed E-state index contributed by atoms with van der Waals surface area (Å²) in [5.74, 6) is 0.675. The van der Waals surface area contributed by atoms with E-state index < -0.39 is 0 Å². The molecule has 2 rings (SSSR count). The number of benzene rings is 1. The quantitative estimate of drug-likeness (QED) is 0.692. The number of H-pyrrole nitrogens is 1. The molecule has 0 radical (unpaired) electrons. The highest BCUT2D eigenvalue weighted by molar-refractivity contribution is 9.10. The van der Waals surface area contributed by atoms with Gasteiger partial charge in [-0.3, -0.25) is 4.79 Å². The molecule has 0 aliphatic rings. The zero-order valence-electron chi connectivity index (χ0n) is 8.61. The van der Waals surface area contributed by atoms with Gasteiger partial charge in [-0.15, -0.1) is 11.8 Å². The molecule has 0 bridgehead atoms. The van der Waals surface area contributed by atoms with Crippen molar-refractivity contribution in [3.8, 4) is 0 Å². The number of halogens is 2. The van der Waals surface area contributed by atoms with Gasteiger partial charge in [0.05, 0.1) is 6.33 Å². The van der Waals surface area contributed by atoms with Crippen LogP contribution in [0.1, 0.15) is 5.56 Å². The highest BCUT2D eigenvalue weighted by Crippen LogP contribution is 2.27. The first-order chi connectivity index (χ1) is 8.18. The molecule has 17 heavy (non-hydrogen) atoms. The Balaban J connectivity index is 2.16. The van der Waals surface area contributed by atoms with Crippen LogP contribution < -0.4 is 5.56 Å². The van der Waals surface area contributed by atoms with Crippen LogP contribution in [0.5, 0.6) is 0 Å². The van der Waals surface area contributed by atoms with E-state index in [2.05, 4.69) is 25.9 Å². The van der Waals surface area contributed by atoms with Gasteiger partial charge < -0.3 is 4.98 Å². The average Bonchev–Trinajstić information content (AvgIpc) is 2.33. The van der Waals surface area contributed by atoms with Gasteiger partial charge in [-0.2, -0.15) is 0 Å². The SMILES string of the molecule is O=c1[nH]cnc(SCc2ccccc2Cl)c1Br. The van der Waals surface area contributed by atoms with E-state index in [1.165, 1.54) is 18.1 Å². The summed E-state index contributed by atoms with van der Waals surface area (Å²) in [5, 5.41) is 1.38. The van der Waals surface area contributed by atoms with Crippen molar-refractivity contribution in [2.75, 3.05) is 0 Å². The summed E-state index contributed by atoms with van der Waals surface area (Å²) in [6.07, 6.45) is 1.39. The van der Waals surface area contributed by atoms with Crippen LogP contribution in [0.15, 0.2) is 44.9 Å². The van der Waals surface area contributed by atoms with Gasteiger partial charge in [0.15, 0.2) is 0 Å². The van der Waals surface area contributed by atoms with Gasteiger partial charge in [-0.1, -0.05) is 29.8 Å². The lowest BCUT2D eigenvalue weighted by molar-refractivity contribution is 0.990. The topological polar surface area (TPSA) is 45.8 Å². The van der Waals surface area contributed by atoms with Crippen molar-refractivity contribution < 1.29 is 0 Å². The number of nitrogens with one attached hydrogen (secondary N) is 1. The Hall–Kier alpha value is -0.780. The van der Waals surface area contributed by atoms with E-state index in [-0.39, 0.29) is 5.56 Å². The van der Waals surface area contributed by atoms with E-state index in [1.54, 1.807) is 0 Å². The molecule has 0 unspecified atom stereocenters. The lowest BCUT2D eigenvalue weighted by atomic mass is 10.2. The molecule has 2 aromatic rings. The number of hydrogen-bond acceptors (Lipinski definition) is 3. The summed E-state index contributed by atoms with van der Waals surface area (Å²) in [5.41, 5.74) is 0.842. The zero-order valence-corrected chi connectivity index (χ0v) is 11.8. The van der Waals surface area contributed by atoms with E-state index in [1.807, 2.05) is 24.3 Å². The maximum Gasteiger partial charge on any atom is 0.266 e. The third kappa shape index (κ3) is 3.12. The molecule has 1 aromatic carbocycles. The summed E-state index contributed by atoms with van der Waals surface area (Å²) in [6, 6.07) is 7.62. The Bertz CT molecular complexity index is 588. The second-order valence-electron chi connectivity index (χ2n) is 3.23. The molecule has 1 N–H and O–H groups in total. The Kier molecular flexibility index (Phi) is 4.25. The molecule has 0 fully saturated rings. The standard InChI is InChI=1S/C11H8BrClN2OS/c12-9-10(16)14-6-15-11(9)17-5-7-3-1-2-4-8(7)13/h1-4,6H,5H2,(H,14,15,16). The lowest BCUT2D eigenvalue weighted by Gasteiger charge is -2.04. The van der Waals surface area contributed by atoms with Crippen LogP contribution in [-0.4, -0.2) is 9.97 Å². The average molecular weight is 332 g/mol. The monoisotopic (exact) mass is 330 g/mol. The maximum absolute atomic E-state index is 11.3. The van der Waals surface area contributed by atoms with Crippen LogP contribution in [0, 0.1) is 0 Å². The van der Waals surface area contributed by atoms with Crippen molar-refractivity contribution in [1.29, 1.82) is 0 Å². The fourth-order valence-corrected chi connectivity index (χ4v) is 2.96. The van der Waals surface area contributed by atoms with E-state index in [4.69, 9.17) is 11.6 Å². The molecule has 0 saturated carbocycles. The van der Waals surface area contributed by atoms with Crippen LogP contribution in [0.2, 0.25) is 5.02 Å². The number of thioether (sulfide) groups is 1. The van der Waals surface area contributed by atoms with E-state index in [0.29, 0.717) is 15.3 Å². The second kappa shape index (κ2) is 5.71. The Labute approximate surface area is 116 Å².